The van der Waals surface area contributed by atoms with Crippen molar-refractivity contribution >= 4 is 5.69 Å². The number of nitrogens with two attached hydrogens (primary N) is 1. The Labute approximate surface area is 82.9 Å². The maximum atomic E-state index is 10.7. The summed E-state index contributed by atoms with van der Waals surface area (Å²) in [5.74, 6) is 0. The van der Waals surface area contributed by atoms with Crippen molar-refractivity contribution in [3.05, 3.63) is 39.9 Å². The second-order valence-corrected chi connectivity index (χ2v) is 3.86. The molecule has 0 saturated heterocycles. The second kappa shape index (κ2) is 3.75. The van der Waals surface area contributed by atoms with Crippen LogP contribution in [0.25, 0.3) is 0 Å². The maximum Gasteiger partial charge on any atom is 0.273 e. The molecule has 4 heteroatoms. The van der Waals surface area contributed by atoms with Gasteiger partial charge in [0.05, 0.1) is 4.92 Å². The summed E-state index contributed by atoms with van der Waals surface area (Å²) in [6, 6.07) is 6.71. The number of nitro groups is 1. The first-order chi connectivity index (χ1) is 6.49. The molecule has 1 aromatic rings. The zero-order valence-corrected chi connectivity index (χ0v) is 8.36. The molecule has 14 heavy (non-hydrogen) atoms. The Balaban J connectivity index is 3.27. The van der Waals surface area contributed by atoms with Crippen LogP contribution in [0.1, 0.15) is 19.4 Å². The Hall–Kier alpha value is -1.42. The highest BCUT2D eigenvalue weighted by Gasteiger charge is 2.26. The van der Waals surface area contributed by atoms with Crippen LogP contribution in [-0.2, 0) is 5.41 Å². The number of hydrogen-bond acceptors (Lipinski definition) is 3. The van der Waals surface area contributed by atoms with Crippen LogP contribution in [-0.4, -0.2) is 11.5 Å². The van der Waals surface area contributed by atoms with Gasteiger partial charge in [-0.15, -0.1) is 0 Å². The van der Waals surface area contributed by atoms with Crippen molar-refractivity contribution in [2.45, 2.75) is 19.3 Å². The third kappa shape index (κ3) is 1.90. The summed E-state index contributed by atoms with van der Waals surface area (Å²) < 4.78 is 0. The predicted molar refractivity (Wildman–Crippen MR) is 55.2 cm³/mol. The van der Waals surface area contributed by atoms with Gasteiger partial charge in [-0.3, -0.25) is 10.1 Å². The van der Waals surface area contributed by atoms with E-state index in [4.69, 9.17) is 5.73 Å². The smallest absolute Gasteiger partial charge is 0.273 e. The van der Waals surface area contributed by atoms with Crippen LogP contribution in [0.15, 0.2) is 24.3 Å². The van der Waals surface area contributed by atoms with E-state index in [2.05, 4.69) is 0 Å². The molecule has 0 aliphatic rings. The summed E-state index contributed by atoms with van der Waals surface area (Å²) in [7, 11) is 0. The van der Waals surface area contributed by atoms with Gasteiger partial charge in [-0.1, -0.05) is 32.0 Å². The van der Waals surface area contributed by atoms with Gasteiger partial charge in [0.25, 0.3) is 5.69 Å². The van der Waals surface area contributed by atoms with E-state index >= 15 is 0 Å². The number of nitrogens with zero attached hydrogens (tertiary/aromatic N) is 1. The van der Waals surface area contributed by atoms with Gasteiger partial charge in [0.2, 0.25) is 0 Å². The first-order valence-corrected chi connectivity index (χ1v) is 4.43. The molecular formula is C10H14N2O2. The van der Waals surface area contributed by atoms with Gasteiger partial charge in [0.15, 0.2) is 0 Å². The Morgan fingerprint density at radius 1 is 1.43 bits per heavy atom. The minimum absolute atomic E-state index is 0.142. The van der Waals surface area contributed by atoms with Crippen LogP contribution in [0.5, 0.6) is 0 Å². The number of nitro benzene ring substituents is 1. The van der Waals surface area contributed by atoms with Crippen molar-refractivity contribution in [1.29, 1.82) is 0 Å². The van der Waals surface area contributed by atoms with E-state index in [-0.39, 0.29) is 16.0 Å². The van der Waals surface area contributed by atoms with Gasteiger partial charge in [-0.05, 0) is 0 Å². The lowest BCUT2D eigenvalue weighted by Crippen LogP contribution is -2.28. The standard InChI is InChI=1S/C10H14N2O2/c1-10(2,7-11)8-5-3-4-6-9(8)12(13)14/h3-6H,7,11H2,1-2H3. The van der Waals surface area contributed by atoms with E-state index in [1.165, 1.54) is 6.07 Å². The van der Waals surface area contributed by atoms with E-state index in [0.29, 0.717) is 12.1 Å². The summed E-state index contributed by atoms with van der Waals surface area (Å²) >= 11 is 0. The minimum atomic E-state index is -0.368. The molecule has 4 nitrogen and oxygen atoms in total. The second-order valence-electron chi connectivity index (χ2n) is 3.86. The van der Waals surface area contributed by atoms with Crippen LogP contribution in [0, 0.1) is 10.1 Å². The van der Waals surface area contributed by atoms with Crippen LogP contribution >= 0.6 is 0 Å². The molecule has 0 aromatic heterocycles. The Morgan fingerprint density at radius 2 is 2.00 bits per heavy atom. The normalized spacial score (nSPS) is 11.4. The third-order valence-corrected chi connectivity index (χ3v) is 2.34. The summed E-state index contributed by atoms with van der Waals surface area (Å²) in [4.78, 5) is 10.4. The maximum absolute atomic E-state index is 10.7. The van der Waals surface area contributed by atoms with Gasteiger partial charge >= 0.3 is 0 Å². The Morgan fingerprint density at radius 3 is 2.50 bits per heavy atom. The average molecular weight is 194 g/mol. The molecule has 76 valence electrons. The molecule has 0 aliphatic heterocycles. The Bertz CT molecular complexity index is 348. The lowest BCUT2D eigenvalue weighted by Gasteiger charge is -2.22. The van der Waals surface area contributed by atoms with E-state index in [1.807, 2.05) is 13.8 Å². The molecule has 0 radical (unpaired) electrons. The van der Waals surface area contributed by atoms with E-state index in [9.17, 15) is 10.1 Å². The van der Waals surface area contributed by atoms with Crippen LogP contribution in [0.2, 0.25) is 0 Å². The molecule has 0 amide bonds. The summed E-state index contributed by atoms with van der Waals surface area (Å²) in [5.41, 5.74) is 6.06. The highest BCUT2D eigenvalue weighted by Crippen LogP contribution is 2.30. The number of rotatable bonds is 3. The monoisotopic (exact) mass is 194 g/mol. The molecule has 0 unspecified atom stereocenters. The topological polar surface area (TPSA) is 69.2 Å². The molecular weight excluding hydrogens is 180 g/mol. The number of benzene rings is 1. The predicted octanol–water partition coefficient (Wildman–Crippen LogP) is 1.83. The molecule has 2 N–H and O–H groups in total. The summed E-state index contributed by atoms with van der Waals surface area (Å²) in [6.45, 7) is 4.18. The largest absolute Gasteiger partial charge is 0.330 e. The average Bonchev–Trinajstić information content (AvgIpc) is 2.18. The highest BCUT2D eigenvalue weighted by atomic mass is 16.6. The van der Waals surface area contributed by atoms with Gasteiger partial charge in [-0.25, -0.2) is 0 Å². The van der Waals surface area contributed by atoms with Crippen molar-refractivity contribution in [3.63, 3.8) is 0 Å². The Kier molecular flexibility index (Phi) is 2.86. The number of hydrogen-bond donors (Lipinski definition) is 1. The zero-order valence-electron chi connectivity index (χ0n) is 8.36. The third-order valence-electron chi connectivity index (χ3n) is 2.34. The van der Waals surface area contributed by atoms with Crippen LogP contribution in [0.4, 0.5) is 5.69 Å². The van der Waals surface area contributed by atoms with Crippen molar-refractivity contribution < 1.29 is 4.92 Å². The molecule has 0 saturated carbocycles. The van der Waals surface area contributed by atoms with Gasteiger partial charge in [0.1, 0.15) is 0 Å². The molecule has 0 heterocycles. The fourth-order valence-corrected chi connectivity index (χ4v) is 1.32. The van der Waals surface area contributed by atoms with Crippen molar-refractivity contribution in [1.82, 2.24) is 0 Å². The number of para-hydroxylation sites is 1. The molecule has 0 fully saturated rings. The summed E-state index contributed by atoms with van der Waals surface area (Å²) in [5, 5.41) is 10.7. The first-order valence-electron chi connectivity index (χ1n) is 4.43. The van der Waals surface area contributed by atoms with Crippen molar-refractivity contribution in [3.8, 4) is 0 Å². The highest BCUT2D eigenvalue weighted by molar-refractivity contribution is 5.44. The molecule has 0 bridgehead atoms. The summed E-state index contributed by atoms with van der Waals surface area (Å²) in [6.07, 6.45) is 0. The lowest BCUT2D eigenvalue weighted by molar-refractivity contribution is -0.386. The van der Waals surface area contributed by atoms with E-state index in [0.717, 1.165) is 0 Å². The molecule has 1 aromatic carbocycles. The van der Waals surface area contributed by atoms with Gasteiger partial charge in [0, 0.05) is 23.6 Å². The van der Waals surface area contributed by atoms with Crippen molar-refractivity contribution in [2.24, 2.45) is 5.73 Å². The molecule has 1 rings (SSSR count). The molecule has 0 atom stereocenters. The van der Waals surface area contributed by atoms with Crippen LogP contribution in [0.3, 0.4) is 0 Å². The van der Waals surface area contributed by atoms with E-state index in [1.54, 1.807) is 18.2 Å². The molecule has 0 spiro atoms. The lowest BCUT2D eigenvalue weighted by atomic mass is 9.84. The van der Waals surface area contributed by atoms with Crippen LogP contribution < -0.4 is 5.73 Å². The zero-order chi connectivity index (χ0) is 10.8. The first kappa shape index (κ1) is 10.7. The van der Waals surface area contributed by atoms with Crippen molar-refractivity contribution in [2.75, 3.05) is 6.54 Å². The molecule has 0 aliphatic carbocycles. The quantitative estimate of drug-likeness (QED) is 0.589. The fourth-order valence-electron chi connectivity index (χ4n) is 1.32. The van der Waals surface area contributed by atoms with Gasteiger partial charge < -0.3 is 5.73 Å². The fraction of sp³-hybridized carbons (Fsp3) is 0.400. The van der Waals surface area contributed by atoms with Gasteiger partial charge in [-0.2, -0.15) is 0 Å². The SMILES string of the molecule is CC(C)(CN)c1ccccc1[N+](=O)[O-]. The van der Waals surface area contributed by atoms with E-state index < -0.39 is 0 Å². The minimum Gasteiger partial charge on any atom is -0.330 e.